The van der Waals surface area contributed by atoms with Crippen molar-refractivity contribution in [3.63, 3.8) is 0 Å². The van der Waals surface area contributed by atoms with Gasteiger partial charge in [0.1, 0.15) is 0 Å². The highest BCUT2D eigenvalue weighted by molar-refractivity contribution is 7.91. The van der Waals surface area contributed by atoms with Gasteiger partial charge in [-0.1, -0.05) is 6.07 Å². The molecule has 1 fully saturated rings. The first-order chi connectivity index (χ1) is 10.8. The fourth-order valence-corrected chi connectivity index (χ4v) is 4.97. The number of benzene rings is 1. The summed E-state index contributed by atoms with van der Waals surface area (Å²) in [4.78, 5) is 23.0. The Labute approximate surface area is 132 Å². The van der Waals surface area contributed by atoms with Crippen LogP contribution in [0, 0.1) is 22.0 Å². The summed E-state index contributed by atoms with van der Waals surface area (Å²) in [5.41, 5.74) is 0.727. The lowest BCUT2D eigenvalue weighted by Crippen LogP contribution is -2.33. The molecule has 0 aliphatic carbocycles. The zero-order valence-electron chi connectivity index (χ0n) is 12.4. The van der Waals surface area contributed by atoms with Crippen molar-refractivity contribution < 1.29 is 18.1 Å². The maximum Gasteiger partial charge on any atom is 0.271 e. The zero-order chi connectivity index (χ0) is 16.8. The number of rotatable bonds is 3. The lowest BCUT2D eigenvalue weighted by molar-refractivity contribution is -0.384. The standard InChI is InChI=1S/C14H15N3O5S/c1-9-13(10-5-6-23(21,22)8-10)14(18)16(15-9)11-3-2-4-12(7-11)17(19)20/h2-4,7,10,13H,5-6,8H2,1H3. The molecule has 2 unspecified atom stereocenters. The van der Waals surface area contributed by atoms with E-state index < -0.39 is 20.7 Å². The van der Waals surface area contributed by atoms with E-state index in [1.165, 1.54) is 18.2 Å². The molecule has 1 aromatic rings. The van der Waals surface area contributed by atoms with Gasteiger partial charge in [0.05, 0.1) is 28.0 Å². The third kappa shape index (κ3) is 2.83. The van der Waals surface area contributed by atoms with Crippen LogP contribution in [-0.2, 0) is 14.6 Å². The van der Waals surface area contributed by atoms with Crippen LogP contribution in [0.1, 0.15) is 13.3 Å². The average Bonchev–Trinajstić information content (AvgIpc) is 2.98. The van der Waals surface area contributed by atoms with Crippen LogP contribution in [-0.4, -0.2) is 36.5 Å². The smallest absolute Gasteiger partial charge is 0.271 e. The summed E-state index contributed by atoms with van der Waals surface area (Å²) in [5.74, 6) is -1.11. The summed E-state index contributed by atoms with van der Waals surface area (Å²) in [5, 5.41) is 16.2. The van der Waals surface area contributed by atoms with Crippen molar-refractivity contribution in [1.29, 1.82) is 0 Å². The molecular formula is C14H15N3O5S. The summed E-state index contributed by atoms with van der Waals surface area (Å²) < 4.78 is 23.3. The van der Waals surface area contributed by atoms with Gasteiger partial charge in [-0.25, -0.2) is 8.42 Å². The van der Waals surface area contributed by atoms with E-state index in [-0.39, 0.29) is 29.0 Å². The van der Waals surface area contributed by atoms with Gasteiger partial charge in [0.15, 0.2) is 9.84 Å². The van der Waals surface area contributed by atoms with Crippen molar-refractivity contribution >= 4 is 32.8 Å². The number of non-ortho nitro benzene ring substituents is 1. The monoisotopic (exact) mass is 337 g/mol. The van der Waals surface area contributed by atoms with Gasteiger partial charge < -0.3 is 0 Å². The molecular weight excluding hydrogens is 322 g/mol. The van der Waals surface area contributed by atoms with E-state index >= 15 is 0 Å². The third-order valence-corrected chi connectivity index (χ3v) is 6.00. The number of carbonyl (C=O) groups is 1. The molecule has 0 radical (unpaired) electrons. The molecule has 0 saturated carbocycles. The number of hydrogen-bond acceptors (Lipinski definition) is 6. The van der Waals surface area contributed by atoms with Crippen molar-refractivity contribution in [3.8, 4) is 0 Å². The van der Waals surface area contributed by atoms with Crippen LogP contribution in [0.5, 0.6) is 0 Å². The summed E-state index contributed by atoms with van der Waals surface area (Å²) >= 11 is 0. The van der Waals surface area contributed by atoms with Crippen LogP contribution >= 0.6 is 0 Å². The largest absolute Gasteiger partial charge is 0.272 e. The predicted molar refractivity (Wildman–Crippen MR) is 83.9 cm³/mol. The molecule has 8 nitrogen and oxygen atoms in total. The average molecular weight is 337 g/mol. The fraction of sp³-hybridized carbons (Fsp3) is 0.429. The van der Waals surface area contributed by atoms with Crippen molar-refractivity contribution in [2.24, 2.45) is 16.9 Å². The molecule has 9 heteroatoms. The molecule has 3 rings (SSSR count). The quantitative estimate of drug-likeness (QED) is 0.611. The lowest BCUT2D eigenvalue weighted by atomic mass is 9.88. The van der Waals surface area contributed by atoms with Crippen molar-refractivity contribution in [3.05, 3.63) is 34.4 Å². The number of nitro benzene ring substituents is 1. The van der Waals surface area contributed by atoms with Crippen LogP contribution in [0.3, 0.4) is 0 Å². The lowest BCUT2D eigenvalue weighted by Gasteiger charge is -2.17. The molecule has 0 aromatic heterocycles. The molecule has 1 aromatic carbocycles. The van der Waals surface area contributed by atoms with Gasteiger partial charge in [0, 0.05) is 17.8 Å². The van der Waals surface area contributed by atoms with E-state index in [9.17, 15) is 23.3 Å². The maximum atomic E-state index is 12.6. The van der Waals surface area contributed by atoms with Crippen molar-refractivity contribution in [2.45, 2.75) is 13.3 Å². The van der Waals surface area contributed by atoms with Crippen LogP contribution in [0.4, 0.5) is 11.4 Å². The molecule has 1 saturated heterocycles. The van der Waals surface area contributed by atoms with Crippen molar-refractivity contribution in [1.82, 2.24) is 0 Å². The number of nitrogens with zero attached hydrogens (tertiary/aromatic N) is 3. The molecule has 122 valence electrons. The first kappa shape index (κ1) is 15.6. The summed E-state index contributed by atoms with van der Waals surface area (Å²) in [6.45, 7) is 1.69. The molecule has 2 atom stereocenters. The first-order valence-corrected chi connectivity index (χ1v) is 8.94. The van der Waals surface area contributed by atoms with Gasteiger partial charge in [-0.2, -0.15) is 10.1 Å². The molecule has 0 spiro atoms. The van der Waals surface area contributed by atoms with Crippen LogP contribution < -0.4 is 5.01 Å². The second-order valence-corrected chi connectivity index (χ2v) is 8.04. The number of nitro groups is 1. The first-order valence-electron chi connectivity index (χ1n) is 7.12. The molecule has 2 aliphatic heterocycles. The van der Waals surface area contributed by atoms with E-state index in [4.69, 9.17) is 0 Å². The minimum absolute atomic E-state index is 0.0148. The highest BCUT2D eigenvalue weighted by Crippen LogP contribution is 2.34. The van der Waals surface area contributed by atoms with Crippen LogP contribution in [0.15, 0.2) is 29.4 Å². The second kappa shape index (κ2) is 5.41. The van der Waals surface area contributed by atoms with E-state index in [0.717, 1.165) is 5.01 Å². The highest BCUT2D eigenvalue weighted by Gasteiger charge is 2.44. The van der Waals surface area contributed by atoms with Gasteiger partial charge in [-0.05, 0) is 25.3 Å². The number of amides is 1. The fourth-order valence-electron chi connectivity index (χ4n) is 3.13. The van der Waals surface area contributed by atoms with E-state index in [1.807, 2.05) is 0 Å². The summed E-state index contributed by atoms with van der Waals surface area (Å²) in [7, 11) is -3.09. The van der Waals surface area contributed by atoms with Gasteiger partial charge in [-0.15, -0.1) is 0 Å². The molecule has 23 heavy (non-hydrogen) atoms. The Kier molecular flexibility index (Phi) is 3.67. The topological polar surface area (TPSA) is 110 Å². The van der Waals surface area contributed by atoms with E-state index in [0.29, 0.717) is 17.8 Å². The third-order valence-electron chi connectivity index (χ3n) is 4.21. The molecule has 0 bridgehead atoms. The Hall–Kier alpha value is -2.29. The van der Waals surface area contributed by atoms with Crippen LogP contribution in [0.25, 0.3) is 0 Å². The Morgan fingerprint density at radius 1 is 1.39 bits per heavy atom. The highest BCUT2D eigenvalue weighted by atomic mass is 32.2. The number of sulfone groups is 1. The number of anilines is 1. The SMILES string of the molecule is CC1=NN(c2cccc([N+](=O)[O-])c2)C(=O)C1C1CCS(=O)(=O)C1. The van der Waals surface area contributed by atoms with Gasteiger partial charge in [0.25, 0.3) is 11.6 Å². The molecule has 1 amide bonds. The zero-order valence-corrected chi connectivity index (χ0v) is 13.2. The minimum atomic E-state index is -3.09. The summed E-state index contributed by atoms with van der Waals surface area (Å²) in [6.07, 6.45) is 0.439. The van der Waals surface area contributed by atoms with E-state index in [2.05, 4.69) is 5.10 Å². The number of hydrogen-bond donors (Lipinski definition) is 0. The van der Waals surface area contributed by atoms with Gasteiger partial charge >= 0.3 is 0 Å². The van der Waals surface area contributed by atoms with Gasteiger partial charge in [0.2, 0.25) is 0 Å². The molecule has 2 aliphatic rings. The number of carbonyl (C=O) groups excluding carboxylic acids is 1. The van der Waals surface area contributed by atoms with Crippen LogP contribution in [0.2, 0.25) is 0 Å². The van der Waals surface area contributed by atoms with Crippen molar-refractivity contribution in [2.75, 3.05) is 16.5 Å². The Morgan fingerprint density at radius 2 is 2.13 bits per heavy atom. The summed E-state index contributed by atoms with van der Waals surface area (Å²) in [6, 6.07) is 5.67. The molecule has 2 heterocycles. The predicted octanol–water partition coefficient (Wildman–Crippen LogP) is 1.37. The second-order valence-electron chi connectivity index (χ2n) is 5.81. The minimum Gasteiger partial charge on any atom is -0.272 e. The normalized spacial score (nSPS) is 26.4. The van der Waals surface area contributed by atoms with E-state index in [1.54, 1.807) is 13.0 Å². The Morgan fingerprint density at radius 3 is 2.74 bits per heavy atom. The number of hydrazone groups is 1. The maximum absolute atomic E-state index is 12.6. The molecule has 0 N–H and O–H groups in total. The Bertz CT molecular complexity index is 817. The van der Waals surface area contributed by atoms with Gasteiger partial charge in [-0.3, -0.25) is 14.9 Å². The Balaban J connectivity index is 1.88.